The highest BCUT2D eigenvalue weighted by Gasteiger charge is 2.16. The highest BCUT2D eigenvalue weighted by molar-refractivity contribution is 5.92. The van der Waals surface area contributed by atoms with Crippen LogP contribution in [0, 0.1) is 0 Å². The molecule has 0 radical (unpaired) electrons. The van der Waals surface area contributed by atoms with Gasteiger partial charge in [0.25, 0.3) is 5.91 Å². The van der Waals surface area contributed by atoms with Gasteiger partial charge in [-0.25, -0.2) is 0 Å². The fourth-order valence-corrected chi connectivity index (χ4v) is 1.86. The number of rotatable bonds is 1. The van der Waals surface area contributed by atoms with Crippen LogP contribution in [0.15, 0.2) is 6.07 Å². The molecule has 1 aromatic heterocycles. The fourth-order valence-electron chi connectivity index (χ4n) is 1.86. The molecule has 0 aromatic carbocycles. The molecule has 1 aliphatic heterocycles. The second-order valence-corrected chi connectivity index (χ2v) is 3.91. The van der Waals surface area contributed by atoms with E-state index in [9.17, 15) is 4.79 Å². The van der Waals surface area contributed by atoms with Gasteiger partial charge in [0.15, 0.2) is 0 Å². The molecule has 1 aliphatic rings. The molecule has 0 fully saturated rings. The highest BCUT2D eigenvalue weighted by atomic mass is 16.1. The second-order valence-electron chi connectivity index (χ2n) is 3.91. The van der Waals surface area contributed by atoms with Crippen molar-refractivity contribution in [3.05, 3.63) is 17.5 Å². The quantitative estimate of drug-likeness (QED) is 0.711. The maximum Gasteiger partial charge on any atom is 0.271 e. The van der Waals surface area contributed by atoms with Crippen molar-refractivity contribution in [2.45, 2.75) is 19.5 Å². The minimum Gasteiger partial charge on any atom is -0.354 e. The minimum atomic E-state index is -0.113. The van der Waals surface area contributed by atoms with Crippen LogP contribution in [0.1, 0.15) is 22.6 Å². The summed E-state index contributed by atoms with van der Waals surface area (Å²) in [5.41, 5.74) is 1.64. The second kappa shape index (κ2) is 4.02. The summed E-state index contributed by atoms with van der Waals surface area (Å²) in [6.07, 6.45) is 1.08. The number of aryl methyl sites for hydroxylation is 1. The van der Waals surface area contributed by atoms with Crippen molar-refractivity contribution in [3.63, 3.8) is 0 Å². The third kappa shape index (κ3) is 2.02. The van der Waals surface area contributed by atoms with Gasteiger partial charge in [0.2, 0.25) is 0 Å². The van der Waals surface area contributed by atoms with Crippen LogP contribution in [0.3, 0.4) is 0 Å². The van der Waals surface area contributed by atoms with Gasteiger partial charge in [-0.3, -0.25) is 9.48 Å². The standard InChI is InChI=1S/C10H16N4O/c1-11-10(15)9-6-8-7-13(2)4-3-5-14(8)12-9/h6H,3-5,7H2,1-2H3,(H,11,15). The number of nitrogens with one attached hydrogen (secondary N) is 1. The number of hydrogen-bond donors (Lipinski definition) is 1. The summed E-state index contributed by atoms with van der Waals surface area (Å²) >= 11 is 0. The third-order valence-corrected chi connectivity index (χ3v) is 2.66. The Morgan fingerprint density at radius 1 is 1.53 bits per heavy atom. The molecule has 15 heavy (non-hydrogen) atoms. The van der Waals surface area contributed by atoms with Gasteiger partial charge >= 0.3 is 0 Å². The normalized spacial score (nSPS) is 16.9. The first kappa shape index (κ1) is 10.2. The van der Waals surface area contributed by atoms with E-state index in [1.165, 1.54) is 0 Å². The highest BCUT2D eigenvalue weighted by Crippen LogP contribution is 2.12. The summed E-state index contributed by atoms with van der Waals surface area (Å²) in [7, 11) is 3.71. The lowest BCUT2D eigenvalue weighted by molar-refractivity contribution is 0.0957. The summed E-state index contributed by atoms with van der Waals surface area (Å²) in [5, 5.41) is 6.88. The molecule has 0 spiro atoms. The Hall–Kier alpha value is -1.36. The molecule has 1 N–H and O–H groups in total. The maximum absolute atomic E-state index is 11.4. The van der Waals surface area contributed by atoms with E-state index in [0.29, 0.717) is 5.69 Å². The molecule has 1 aromatic rings. The summed E-state index contributed by atoms with van der Waals surface area (Å²) in [6, 6.07) is 1.88. The van der Waals surface area contributed by atoms with Crippen molar-refractivity contribution in [2.75, 3.05) is 20.6 Å². The Labute approximate surface area is 89.1 Å². The van der Waals surface area contributed by atoms with Crippen molar-refractivity contribution >= 4 is 5.91 Å². The molecule has 0 unspecified atom stereocenters. The topological polar surface area (TPSA) is 50.2 Å². The van der Waals surface area contributed by atoms with Gasteiger partial charge in [-0.2, -0.15) is 5.10 Å². The van der Waals surface area contributed by atoms with Crippen molar-refractivity contribution in [1.29, 1.82) is 0 Å². The fraction of sp³-hybridized carbons (Fsp3) is 0.600. The van der Waals surface area contributed by atoms with Crippen LogP contribution in [-0.2, 0) is 13.1 Å². The molecule has 2 heterocycles. The summed E-state index contributed by atoms with van der Waals surface area (Å²) in [5.74, 6) is -0.113. The van der Waals surface area contributed by atoms with Crippen LogP contribution >= 0.6 is 0 Å². The molecule has 5 heteroatoms. The van der Waals surface area contributed by atoms with Gasteiger partial charge < -0.3 is 10.2 Å². The number of hydrogen-bond acceptors (Lipinski definition) is 3. The van der Waals surface area contributed by atoms with Crippen molar-refractivity contribution in [2.24, 2.45) is 0 Å². The van der Waals surface area contributed by atoms with Crippen LogP contribution in [0.4, 0.5) is 0 Å². The minimum absolute atomic E-state index is 0.113. The van der Waals surface area contributed by atoms with Gasteiger partial charge in [0.05, 0.1) is 5.69 Å². The molecule has 2 rings (SSSR count). The van der Waals surface area contributed by atoms with E-state index in [0.717, 1.165) is 31.7 Å². The van der Waals surface area contributed by atoms with Crippen LogP contribution in [-0.4, -0.2) is 41.2 Å². The van der Waals surface area contributed by atoms with Crippen molar-refractivity contribution in [3.8, 4) is 0 Å². The Balaban J connectivity index is 2.27. The molecule has 0 aliphatic carbocycles. The van der Waals surface area contributed by atoms with E-state index >= 15 is 0 Å². The smallest absolute Gasteiger partial charge is 0.271 e. The lowest BCUT2D eigenvalue weighted by Crippen LogP contribution is -2.19. The molecule has 0 bridgehead atoms. The monoisotopic (exact) mass is 208 g/mol. The van der Waals surface area contributed by atoms with E-state index < -0.39 is 0 Å². The average Bonchev–Trinajstić information content (AvgIpc) is 2.53. The van der Waals surface area contributed by atoms with E-state index in [4.69, 9.17) is 0 Å². The average molecular weight is 208 g/mol. The zero-order valence-corrected chi connectivity index (χ0v) is 9.16. The molecule has 0 saturated heterocycles. The van der Waals surface area contributed by atoms with Crippen LogP contribution in [0.5, 0.6) is 0 Å². The van der Waals surface area contributed by atoms with E-state index in [1.54, 1.807) is 7.05 Å². The lowest BCUT2D eigenvalue weighted by Gasteiger charge is -2.10. The van der Waals surface area contributed by atoms with Gasteiger partial charge in [-0.05, 0) is 19.5 Å². The SMILES string of the molecule is CNC(=O)c1cc2n(n1)CCCN(C)C2. The number of amides is 1. The number of fused-ring (bicyclic) bond motifs is 1. The van der Waals surface area contributed by atoms with Crippen LogP contribution in [0.2, 0.25) is 0 Å². The zero-order valence-electron chi connectivity index (χ0n) is 9.16. The van der Waals surface area contributed by atoms with Crippen molar-refractivity contribution < 1.29 is 4.79 Å². The summed E-state index contributed by atoms with van der Waals surface area (Å²) in [6.45, 7) is 2.85. The van der Waals surface area contributed by atoms with Gasteiger partial charge in [0, 0.05) is 26.7 Å². The van der Waals surface area contributed by atoms with Crippen LogP contribution in [0.25, 0.3) is 0 Å². The van der Waals surface area contributed by atoms with Gasteiger partial charge in [-0.15, -0.1) is 0 Å². The van der Waals surface area contributed by atoms with Gasteiger partial charge in [0.1, 0.15) is 5.69 Å². The van der Waals surface area contributed by atoms with E-state index in [1.807, 2.05) is 10.7 Å². The molecule has 5 nitrogen and oxygen atoms in total. The first-order valence-corrected chi connectivity index (χ1v) is 5.18. The Morgan fingerprint density at radius 3 is 3.07 bits per heavy atom. The predicted molar refractivity (Wildman–Crippen MR) is 56.6 cm³/mol. The van der Waals surface area contributed by atoms with E-state index in [2.05, 4.69) is 22.4 Å². The zero-order chi connectivity index (χ0) is 10.8. The molecule has 1 amide bonds. The largest absolute Gasteiger partial charge is 0.354 e. The molecule has 0 atom stereocenters. The van der Waals surface area contributed by atoms with E-state index in [-0.39, 0.29) is 5.91 Å². The molecule has 82 valence electrons. The number of carbonyl (C=O) groups is 1. The first-order chi connectivity index (χ1) is 7.20. The Morgan fingerprint density at radius 2 is 2.33 bits per heavy atom. The molecular formula is C10H16N4O. The predicted octanol–water partition coefficient (Wildman–Crippen LogP) is 0.0782. The Kier molecular flexibility index (Phi) is 2.73. The Bertz CT molecular complexity index is 371. The molecule has 0 saturated carbocycles. The molecular weight excluding hydrogens is 192 g/mol. The number of nitrogens with zero attached hydrogens (tertiary/aromatic N) is 3. The first-order valence-electron chi connectivity index (χ1n) is 5.18. The maximum atomic E-state index is 11.4. The number of aromatic nitrogens is 2. The van der Waals surface area contributed by atoms with Gasteiger partial charge in [-0.1, -0.05) is 0 Å². The summed E-state index contributed by atoms with van der Waals surface area (Å²) < 4.78 is 1.94. The van der Waals surface area contributed by atoms with Crippen LogP contribution < -0.4 is 5.32 Å². The number of carbonyl (C=O) groups excluding carboxylic acids is 1. The third-order valence-electron chi connectivity index (χ3n) is 2.66. The summed E-state index contributed by atoms with van der Waals surface area (Å²) in [4.78, 5) is 13.6. The van der Waals surface area contributed by atoms with Crippen molar-refractivity contribution in [1.82, 2.24) is 20.0 Å². The lowest BCUT2D eigenvalue weighted by atomic mass is 10.3.